The summed E-state index contributed by atoms with van der Waals surface area (Å²) in [6, 6.07) is 20.3. The average Bonchev–Trinajstić information content (AvgIpc) is 2.81. The zero-order valence-electron chi connectivity index (χ0n) is 17.3. The smallest absolute Gasteiger partial charge is 0.334 e. The topological polar surface area (TPSA) is 75.0 Å². The van der Waals surface area contributed by atoms with Crippen LogP contribution in [0.4, 0.5) is 0 Å². The molecule has 0 aliphatic heterocycles. The molecule has 1 atom stereocenters. The molecule has 0 amide bonds. The zero-order valence-corrected chi connectivity index (χ0v) is 18.1. The largest absolute Gasteiger partial charge is 0.497 e. The molecule has 4 rings (SSSR count). The monoisotopic (exact) mass is 450 g/mol. The highest BCUT2D eigenvalue weighted by atomic mass is 35.5. The first-order chi connectivity index (χ1) is 15.5. The third kappa shape index (κ3) is 4.45. The number of carbonyl (C=O) groups is 1. The lowest BCUT2D eigenvalue weighted by Crippen LogP contribution is -2.14. The molecule has 0 fully saturated rings. The van der Waals surface area contributed by atoms with E-state index in [4.69, 9.17) is 30.2 Å². The summed E-state index contributed by atoms with van der Waals surface area (Å²) in [6.45, 7) is 1.62. The van der Waals surface area contributed by atoms with Crippen molar-refractivity contribution in [3.8, 4) is 23.0 Å². The fourth-order valence-electron chi connectivity index (χ4n) is 3.16. The molecule has 0 aliphatic rings. The van der Waals surface area contributed by atoms with Crippen LogP contribution in [0, 0.1) is 6.92 Å². The molecule has 7 heteroatoms. The van der Waals surface area contributed by atoms with Crippen LogP contribution in [0.25, 0.3) is 11.0 Å². The second-order valence-corrected chi connectivity index (χ2v) is 7.39. The van der Waals surface area contributed by atoms with Crippen LogP contribution in [0.15, 0.2) is 82.0 Å². The number of esters is 1. The fourth-order valence-corrected chi connectivity index (χ4v) is 3.35. The van der Waals surface area contributed by atoms with Gasteiger partial charge in [0.15, 0.2) is 5.38 Å². The molecule has 162 valence electrons. The Bertz CT molecular complexity index is 1330. The number of ether oxygens (including phenoxy) is 3. The maximum Gasteiger partial charge on any atom is 0.334 e. The van der Waals surface area contributed by atoms with Gasteiger partial charge >= 0.3 is 5.97 Å². The minimum Gasteiger partial charge on any atom is -0.497 e. The molecule has 6 nitrogen and oxygen atoms in total. The summed E-state index contributed by atoms with van der Waals surface area (Å²) in [4.78, 5) is 25.4. The number of halogens is 1. The number of benzene rings is 3. The molecule has 3 aromatic carbocycles. The minimum absolute atomic E-state index is 0.0698. The standard InChI is InChI=1S/C25H19ClO6/c1-15-24(31-18-10-6-9-17(13-18)29-2)23(27)20-12-11-19(14-21(20)30-15)32-25(28)22(26)16-7-4-3-5-8-16/h3-14,22H,1-2H3. The van der Waals surface area contributed by atoms with E-state index in [2.05, 4.69) is 0 Å². The van der Waals surface area contributed by atoms with Gasteiger partial charge in [-0.05, 0) is 36.8 Å². The molecule has 0 bridgehead atoms. The molecule has 0 spiro atoms. The Balaban J connectivity index is 1.60. The molecule has 4 aromatic rings. The molecule has 0 saturated heterocycles. The van der Waals surface area contributed by atoms with E-state index in [1.165, 1.54) is 18.2 Å². The third-order valence-corrected chi connectivity index (χ3v) is 5.20. The lowest BCUT2D eigenvalue weighted by atomic mass is 10.1. The van der Waals surface area contributed by atoms with Gasteiger partial charge in [0.2, 0.25) is 11.2 Å². The first kappa shape index (κ1) is 21.5. The van der Waals surface area contributed by atoms with Gasteiger partial charge in [0, 0.05) is 12.1 Å². The maximum atomic E-state index is 13.0. The van der Waals surface area contributed by atoms with Crippen molar-refractivity contribution in [2.45, 2.75) is 12.3 Å². The van der Waals surface area contributed by atoms with E-state index in [1.807, 2.05) is 6.07 Å². The van der Waals surface area contributed by atoms with Gasteiger partial charge in [0.05, 0.1) is 12.5 Å². The molecule has 0 saturated carbocycles. The molecule has 1 aromatic heterocycles. The molecule has 1 heterocycles. The van der Waals surface area contributed by atoms with Crippen molar-refractivity contribution in [2.24, 2.45) is 0 Å². The summed E-state index contributed by atoms with van der Waals surface area (Å²) < 4.78 is 22.1. The van der Waals surface area contributed by atoms with Crippen molar-refractivity contribution in [1.29, 1.82) is 0 Å². The van der Waals surface area contributed by atoms with Gasteiger partial charge in [0.1, 0.15) is 28.6 Å². The maximum absolute atomic E-state index is 13.0. The van der Waals surface area contributed by atoms with Crippen LogP contribution < -0.4 is 19.6 Å². The Morgan fingerprint density at radius 2 is 1.69 bits per heavy atom. The number of aryl methyl sites for hydroxylation is 1. The van der Waals surface area contributed by atoms with Crippen molar-refractivity contribution in [2.75, 3.05) is 7.11 Å². The normalized spacial score (nSPS) is 11.7. The van der Waals surface area contributed by atoms with E-state index in [1.54, 1.807) is 62.6 Å². The molecule has 0 N–H and O–H groups in total. The first-order valence-corrected chi connectivity index (χ1v) is 10.2. The molecular weight excluding hydrogens is 432 g/mol. The van der Waals surface area contributed by atoms with Gasteiger partial charge in [-0.3, -0.25) is 4.79 Å². The van der Waals surface area contributed by atoms with Gasteiger partial charge < -0.3 is 18.6 Å². The Morgan fingerprint density at radius 1 is 0.938 bits per heavy atom. The van der Waals surface area contributed by atoms with Gasteiger partial charge in [-0.15, -0.1) is 11.6 Å². The summed E-state index contributed by atoms with van der Waals surface area (Å²) in [6.07, 6.45) is 0. The summed E-state index contributed by atoms with van der Waals surface area (Å²) in [5.41, 5.74) is 0.548. The lowest BCUT2D eigenvalue weighted by molar-refractivity contribution is -0.134. The van der Waals surface area contributed by atoms with Crippen LogP contribution in [0.2, 0.25) is 0 Å². The summed E-state index contributed by atoms with van der Waals surface area (Å²) in [5, 5.41) is -0.668. The van der Waals surface area contributed by atoms with Crippen LogP contribution in [-0.2, 0) is 4.79 Å². The molecular formula is C25H19ClO6. The third-order valence-electron chi connectivity index (χ3n) is 4.77. The van der Waals surface area contributed by atoms with Crippen molar-refractivity contribution in [3.05, 3.63) is 94.3 Å². The van der Waals surface area contributed by atoms with Crippen LogP contribution >= 0.6 is 11.6 Å². The van der Waals surface area contributed by atoms with Gasteiger partial charge in [-0.25, -0.2) is 4.79 Å². The van der Waals surface area contributed by atoms with Gasteiger partial charge in [-0.1, -0.05) is 36.4 Å². The predicted molar refractivity (Wildman–Crippen MR) is 121 cm³/mol. The molecule has 32 heavy (non-hydrogen) atoms. The number of hydrogen-bond acceptors (Lipinski definition) is 6. The van der Waals surface area contributed by atoms with Crippen LogP contribution in [0.5, 0.6) is 23.0 Å². The van der Waals surface area contributed by atoms with E-state index in [9.17, 15) is 9.59 Å². The van der Waals surface area contributed by atoms with Crippen molar-refractivity contribution in [1.82, 2.24) is 0 Å². The summed E-state index contributed by atoms with van der Waals surface area (Å²) in [7, 11) is 1.55. The number of carbonyl (C=O) groups excluding carboxylic acids is 1. The van der Waals surface area contributed by atoms with Crippen LogP contribution in [0.1, 0.15) is 16.7 Å². The SMILES string of the molecule is COc1cccc(Oc2c(C)oc3cc(OC(=O)C(Cl)c4ccccc4)ccc3c2=O)c1. The lowest BCUT2D eigenvalue weighted by Gasteiger charge is -2.12. The first-order valence-electron chi connectivity index (χ1n) is 9.76. The molecule has 1 unspecified atom stereocenters. The number of rotatable bonds is 6. The molecule has 0 radical (unpaired) electrons. The van der Waals surface area contributed by atoms with E-state index < -0.39 is 11.3 Å². The second-order valence-electron chi connectivity index (χ2n) is 6.95. The number of alkyl halides is 1. The van der Waals surface area contributed by atoms with Crippen molar-refractivity contribution in [3.63, 3.8) is 0 Å². The quantitative estimate of drug-likeness (QED) is 0.210. The van der Waals surface area contributed by atoms with Gasteiger partial charge in [0.25, 0.3) is 0 Å². The second kappa shape index (κ2) is 9.16. The van der Waals surface area contributed by atoms with Crippen LogP contribution in [-0.4, -0.2) is 13.1 Å². The number of fused-ring (bicyclic) bond motifs is 1. The summed E-state index contributed by atoms with van der Waals surface area (Å²) >= 11 is 6.22. The Labute approximate surface area is 188 Å². The van der Waals surface area contributed by atoms with E-state index in [-0.39, 0.29) is 28.3 Å². The van der Waals surface area contributed by atoms with E-state index >= 15 is 0 Å². The fraction of sp³-hybridized carbons (Fsp3) is 0.120. The molecule has 0 aliphatic carbocycles. The highest BCUT2D eigenvalue weighted by Gasteiger charge is 2.21. The van der Waals surface area contributed by atoms with Crippen LogP contribution in [0.3, 0.4) is 0 Å². The highest BCUT2D eigenvalue weighted by Crippen LogP contribution is 2.30. The Kier molecular flexibility index (Phi) is 6.14. The number of hydrogen-bond donors (Lipinski definition) is 0. The summed E-state index contributed by atoms with van der Waals surface area (Å²) in [5.74, 6) is 0.986. The van der Waals surface area contributed by atoms with Crippen molar-refractivity contribution < 1.29 is 23.4 Å². The Morgan fingerprint density at radius 3 is 2.44 bits per heavy atom. The Hall–Kier alpha value is -3.77. The minimum atomic E-state index is -0.959. The zero-order chi connectivity index (χ0) is 22.7. The van der Waals surface area contributed by atoms with E-state index in [0.717, 1.165) is 0 Å². The van der Waals surface area contributed by atoms with Gasteiger partial charge in [-0.2, -0.15) is 0 Å². The predicted octanol–water partition coefficient (Wildman–Crippen LogP) is 5.79. The van der Waals surface area contributed by atoms with Crippen molar-refractivity contribution >= 4 is 28.5 Å². The highest BCUT2D eigenvalue weighted by molar-refractivity contribution is 6.30. The average molecular weight is 451 g/mol. The number of methoxy groups -OCH3 is 1. The van der Waals surface area contributed by atoms with E-state index in [0.29, 0.717) is 22.4 Å².